The summed E-state index contributed by atoms with van der Waals surface area (Å²) in [7, 11) is 0. The molecular formula is C12H12Cl2N4O3. The molecular weight excluding hydrogens is 319 g/mol. The van der Waals surface area contributed by atoms with E-state index < -0.39 is 18.2 Å². The molecule has 0 amide bonds. The Morgan fingerprint density at radius 1 is 1.38 bits per heavy atom. The van der Waals surface area contributed by atoms with Gasteiger partial charge in [0.05, 0.1) is 24.5 Å². The molecule has 21 heavy (non-hydrogen) atoms. The van der Waals surface area contributed by atoms with E-state index in [0.717, 1.165) is 0 Å². The molecule has 1 aliphatic carbocycles. The van der Waals surface area contributed by atoms with Crippen molar-refractivity contribution >= 4 is 40.2 Å². The van der Waals surface area contributed by atoms with Crippen LogP contribution in [0.4, 0.5) is 5.82 Å². The van der Waals surface area contributed by atoms with Crippen LogP contribution in [0.2, 0.25) is 5.15 Å². The molecule has 0 fully saturated rings. The third kappa shape index (κ3) is 2.27. The lowest BCUT2D eigenvalue weighted by molar-refractivity contribution is 0.0288. The average molecular weight is 331 g/mol. The van der Waals surface area contributed by atoms with Crippen LogP contribution in [0, 0.1) is 0 Å². The number of aromatic nitrogens is 3. The number of aliphatic hydroxyl groups excluding tert-OH is 3. The fourth-order valence-corrected chi connectivity index (χ4v) is 2.84. The van der Waals surface area contributed by atoms with Crippen molar-refractivity contribution in [3.8, 4) is 0 Å². The van der Waals surface area contributed by atoms with Gasteiger partial charge < -0.3 is 19.9 Å². The lowest BCUT2D eigenvalue weighted by Gasteiger charge is -2.19. The third-order valence-corrected chi connectivity index (χ3v) is 3.93. The average Bonchev–Trinajstić information content (AvgIpc) is 3.01. The van der Waals surface area contributed by atoms with E-state index in [-0.39, 0.29) is 11.8 Å². The van der Waals surface area contributed by atoms with Crippen LogP contribution >= 0.6 is 23.4 Å². The van der Waals surface area contributed by atoms with E-state index in [1.807, 2.05) is 0 Å². The first kappa shape index (κ1) is 14.6. The zero-order chi connectivity index (χ0) is 15.1. The van der Waals surface area contributed by atoms with Crippen LogP contribution in [-0.4, -0.2) is 48.7 Å². The maximum absolute atomic E-state index is 10.1. The molecule has 7 nitrogen and oxygen atoms in total. The normalized spacial score (nSPS) is 25.4. The van der Waals surface area contributed by atoms with Crippen molar-refractivity contribution < 1.29 is 15.3 Å². The van der Waals surface area contributed by atoms with E-state index in [2.05, 4.69) is 14.8 Å². The Kier molecular flexibility index (Phi) is 3.76. The smallest absolute Gasteiger partial charge is 0.170 e. The highest BCUT2D eigenvalue weighted by Crippen LogP contribution is 2.33. The molecule has 1 aliphatic rings. The van der Waals surface area contributed by atoms with Gasteiger partial charge in [-0.05, 0) is 5.57 Å². The topological polar surface area (TPSA) is 103 Å². The van der Waals surface area contributed by atoms with Gasteiger partial charge in [0.25, 0.3) is 0 Å². The second-order valence-corrected chi connectivity index (χ2v) is 5.31. The Balaban J connectivity index is 2.14. The summed E-state index contributed by atoms with van der Waals surface area (Å²) in [4.78, 5) is 10.6. The van der Waals surface area contributed by atoms with Crippen LogP contribution in [0.3, 0.4) is 0 Å². The highest BCUT2D eigenvalue weighted by molar-refractivity contribution is 6.31. The number of nitrogens with one attached hydrogen (secondary N) is 1. The van der Waals surface area contributed by atoms with Crippen molar-refractivity contribution in [1.82, 2.24) is 14.5 Å². The van der Waals surface area contributed by atoms with Crippen LogP contribution in [0.5, 0.6) is 0 Å². The number of fused-ring (bicyclic) bond motifs is 1. The molecule has 0 aliphatic heterocycles. The number of nitrogens with zero attached hydrogens (tertiary/aromatic N) is 3. The van der Waals surface area contributed by atoms with Crippen LogP contribution in [0.15, 0.2) is 24.0 Å². The summed E-state index contributed by atoms with van der Waals surface area (Å²) in [5, 5.41) is 29.4. The molecule has 3 atom stereocenters. The summed E-state index contributed by atoms with van der Waals surface area (Å²) in [5.41, 5.74) is 1.46. The summed E-state index contributed by atoms with van der Waals surface area (Å²) < 4.78 is 1.65. The van der Waals surface area contributed by atoms with Crippen molar-refractivity contribution in [3.63, 3.8) is 0 Å². The number of rotatable bonds is 3. The van der Waals surface area contributed by atoms with E-state index in [1.165, 1.54) is 6.33 Å². The minimum Gasteiger partial charge on any atom is -0.392 e. The molecule has 0 spiro atoms. The molecule has 4 N–H and O–H groups in total. The number of hydrogen-bond acceptors (Lipinski definition) is 6. The minimum atomic E-state index is -1.11. The van der Waals surface area contributed by atoms with Crippen molar-refractivity contribution in [2.75, 3.05) is 11.4 Å². The Labute approximate surface area is 129 Å². The van der Waals surface area contributed by atoms with E-state index in [4.69, 9.17) is 23.4 Å². The Morgan fingerprint density at radius 2 is 2.14 bits per heavy atom. The summed E-state index contributed by atoms with van der Waals surface area (Å²) in [5.74, 6) is 0.303. The lowest BCUT2D eigenvalue weighted by Crippen LogP contribution is -2.29. The highest BCUT2D eigenvalue weighted by Gasteiger charge is 2.36. The molecule has 2 aromatic rings. The highest BCUT2D eigenvalue weighted by atomic mass is 35.5. The first-order valence-electron chi connectivity index (χ1n) is 6.14. The van der Waals surface area contributed by atoms with Gasteiger partial charge in [0.1, 0.15) is 22.9 Å². The van der Waals surface area contributed by atoms with Crippen LogP contribution in [0.25, 0.3) is 11.0 Å². The molecule has 2 aromatic heterocycles. The number of aliphatic hydroxyl groups is 3. The van der Waals surface area contributed by atoms with Gasteiger partial charge in [-0.15, -0.1) is 0 Å². The standard InChI is InChI=1S/C12H12Cl2N4O3/c13-8-2-6-9(12(16-8)17-14)15-4-18(6)7-1-5(3-19)10(20)11(7)21/h1-2,4,7,10-11,19-21H,3H2,(H,16,17). The quantitative estimate of drug-likeness (QED) is 0.378. The van der Waals surface area contributed by atoms with Crippen molar-refractivity contribution in [3.05, 3.63) is 29.2 Å². The second-order valence-electron chi connectivity index (χ2n) is 4.73. The molecule has 0 saturated carbocycles. The summed E-state index contributed by atoms with van der Waals surface area (Å²) in [6.45, 7) is -0.321. The van der Waals surface area contributed by atoms with Crippen molar-refractivity contribution in [1.29, 1.82) is 0 Å². The fraction of sp³-hybridized carbons (Fsp3) is 0.333. The Morgan fingerprint density at radius 3 is 2.76 bits per heavy atom. The van der Waals surface area contributed by atoms with Gasteiger partial charge in [0, 0.05) is 17.8 Å². The fourth-order valence-electron chi connectivity index (χ4n) is 2.52. The third-order valence-electron chi connectivity index (χ3n) is 3.56. The molecule has 3 rings (SSSR count). The minimum absolute atomic E-state index is 0.215. The van der Waals surface area contributed by atoms with Crippen LogP contribution < -0.4 is 4.84 Å². The van der Waals surface area contributed by atoms with Gasteiger partial charge in [-0.2, -0.15) is 0 Å². The summed E-state index contributed by atoms with van der Waals surface area (Å²) >= 11 is 11.5. The van der Waals surface area contributed by atoms with Crippen LogP contribution in [0.1, 0.15) is 6.04 Å². The van der Waals surface area contributed by atoms with Gasteiger partial charge in [-0.25, -0.2) is 9.97 Å². The van der Waals surface area contributed by atoms with E-state index >= 15 is 0 Å². The lowest BCUT2D eigenvalue weighted by atomic mass is 10.1. The first-order chi connectivity index (χ1) is 10.1. The molecule has 0 saturated heterocycles. The predicted molar refractivity (Wildman–Crippen MR) is 78.2 cm³/mol. The molecule has 3 unspecified atom stereocenters. The van der Waals surface area contributed by atoms with E-state index in [9.17, 15) is 15.3 Å². The molecule has 112 valence electrons. The van der Waals surface area contributed by atoms with Gasteiger partial charge in [0.15, 0.2) is 5.82 Å². The maximum Gasteiger partial charge on any atom is 0.170 e. The molecule has 9 heteroatoms. The first-order valence-corrected chi connectivity index (χ1v) is 6.89. The second kappa shape index (κ2) is 5.43. The van der Waals surface area contributed by atoms with Crippen molar-refractivity contribution in [2.24, 2.45) is 0 Å². The predicted octanol–water partition coefficient (Wildman–Crippen LogP) is 0.846. The Hall–Kier alpha value is -1.38. The van der Waals surface area contributed by atoms with E-state index in [0.29, 0.717) is 22.4 Å². The molecule has 0 bridgehead atoms. The zero-order valence-corrected chi connectivity index (χ0v) is 12.1. The summed E-state index contributed by atoms with van der Waals surface area (Å²) in [6.07, 6.45) is 0.917. The van der Waals surface area contributed by atoms with Gasteiger partial charge in [0.2, 0.25) is 0 Å². The number of anilines is 1. The summed E-state index contributed by atoms with van der Waals surface area (Å²) in [6, 6.07) is 1.03. The van der Waals surface area contributed by atoms with Gasteiger partial charge in [-0.1, -0.05) is 17.7 Å². The largest absolute Gasteiger partial charge is 0.392 e. The van der Waals surface area contributed by atoms with Crippen molar-refractivity contribution in [2.45, 2.75) is 18.2 Å². The number of pyridine rings is 1. The van der Waals surface area contributed by atoms with E-state index in [1.54, 1.807) is 16.7 Å². The SMILES string of the molecule is OCC1=CC(n2cnc3c(NCl)nc(Cl)cc32)C(O)C1O. The molecule has 2 heterocycles. The van der Waals surface area contributed by atoms with Gasteiger partial charge >= 0.3 is 0 Å². The Bertz CT molecular complexity index is 718. The maximum atomic E-state index is 10.1. The van der Waals surface area contributed by atoms with Crippen LogP contribution in [-0.2, 0) is 0 Å². The number of halogens is 2. The monoisotopic (exact) mass is 330 g/mol. The zero-order valence-electron chi connectivity index (χ0n) is 10.6. The molecule has 0 radical (unpaired) electrons. The molecule has 0 aromatic carbocycles. The van der Waals surface area contributed by atoms with Gasteiger partial charge in [-0.3, -0.25) is 4.84 Å². The number of imidazole rings is 1. The number of hydrogen-bond donors (Lipinski definition) is 4.